The number of rotatable bonds is 11. The standard InChI is InChI=1S/C27H26O14/c1-38-26(36)20(32)13-21(40-22(33)9-5-14-3-7-16(28)18(30)11-14)25(24(35)27(37)39-2)41-23(34)10-6-15-4-8-17(29)19(31)12-15/h3-13,21,24-25,28-32,35H,1-2H3/b9-5+,10-6+,20-13-. The van der Waals surface area contributed by atoms with Gasteiger partial charge >= 0.3 is 23.9 Å². The molecular formula is C27H26O14. The fraction of sp³-hybridized carbons (Fsp3) is 0.185. The van der Waals surface area contributed by atoms with Crippen LogP contribution in [0.3, 0.4) is 0 Å². The molecular weight excluding hydrogens is 548 g/mol. The van der Waals surface area contributed by atoms with Crippen molar-refractivity contribution in [1.82, 2.24) is 0 Å². The lowest BCUT2D eigenvalue weighted by Crippen LogP contribution is -2.47. The first-order valence-corrected chi connectivity index (χ1v) is 11.4. The maximum atomic E-state index is 12.6. The molecule has 0 bridgehead atoms. The molecule has 0 fully saturated rings. The Morgan fingerprint density at radius 1 is 0.732 bits per heavy atom. The number of benzene rings is 2. The van der Waals surface area contributed by atoms with Gasteiger partial charge in [-0.25, -0.2) is 19.2 Å². The summed E-state index contributed by atoms with van der Waals surface area (Å²) in [4.78, 5) is 49.0. The molecule has 14 heteroatoms. The van der Waals surface area contributed by atoms with Crippen LogP contribution < -0.4 is 0 Å². The van der Waals surface area contributed by atoms with Gasteiger partial charge < -0.3 is 49.6 Å². The lowest BCUT2D eigenvalue weighted by molar-refractivity contribution is -0.177. The number of aromatic hydroxyl groups is 4. The van der Waals surface area contributed by atoms with Gasteiger partial charge in [0.25, 0.3) is 0 Å². The van der Waals surface area contributed by atoms with Crippen LogP contribution >= 0.6 is 0 Å². The van der Waals surface area contributed by atoms with Crippen LogP contribution in [0.5, 0.6) is 23.0 Å². The quantitative estimate of drug-likeness (QED) is 0.0729. The average molecular weight is 574 g/mol. The van der Waals surface area contributed by atoms with Gasteiger partial charge in [0.05, 0.1) is 14.2 Å². The summed E-state index contributed by atoms with van der Waals surface area (Å²) in [5, 5.41) is 58.6. The Morgan fingerprint density at radius 2 is 1.22 bits per heavy atom. The molecule has 0 aliphatic carbocycles. The van der Waals surface area contributed by atoms with E-state index in [9.17, 15) is 49.8 Å². The molecule has 0 aliphatic rings. The summed E-state index contributed by atoms with van der Waals surface area (Å²) in [7, 11) is 1.83. The SMILES string of the molecule is COC(=O)/C(O)=C/C(OC(=O)/C=C/c1ccc(O)c(O)c1)C(OC(=O)/C=C/c1ccc(O)c(O)c1)C(O)C(=O)OC. The molecule has 0 spiro atoms. The zero-order chi connectivity index (χ0) is 30.7. The molecule has 6 N–H and O–H groups in total. The van der Waals surface area contributed by atoms with Crippen molar-refractivity contribution in [1.29, 1.82) is 0 Å². The smallest absolute Gasteiger partial charge is 0.372 e. The van der Waals surface area contributed by atoms with Gasteiger partial charge in [-0.15, -0.1) is 0 Å². The minimum Gasteiger partial charge on any atom is -0.504 e. The Hall–Kier alpha value is -5.50. The largest absolute Gasteiger partial charge is 0.504 e. The van der Waals surface area contributed by atoms with Gasteiger partial charge in [-0.2, -0.15) is 0 Å². The second kappa shape index (κ2) is 14.6. The number of phenols is 4. The maximum Gasteiger partial charge on any atom is 0.372 e. The second-order valence-corrected chi connectivity index (χ2v) is 7.98. The van der Waals surface area contributed by atoms with Crippen LogP contribution in [0.25, 0.3) is 12.2 Å². The van der Waals surface area contributed by atoms with E-state index >= 15 is 0 Å². The summed E-state index contributed by atoms with van der Waals surface area (Å²) in [5.74, 6) is -7.96. The Bertz CT molecular complexity index is 1370. The van der Waals surface area contributed by atoms with Crippen LogP contribution in [0.4, 0.5) is 0 Å². The molecule has 3 unspecified atom stereocenters. The molecule has 0 saturated carbocycles. The number of ether oxygens (including phenoxy) is 4. The molecule has 218 valence electrons. The van der Waals surface area contributed by atoms with E-state index in [0.29, 0.717) is 6.08 Å². The van der Waals surface area contributed by atoms with Crippen LogP contribution in [0.2, 0.25) is 0 Å². The van der Waals surface area contributed by atoms with Crippen molar-refractivity contribution in [2.45, 2.75) is 18.3 Å². The second-order valence-electron chi connectivity index (χ2n) is 7.98. The molecule has 2 rings (SSSR count). The number of carbonyl (C=O) groups is 4. The summed E-state index contributed by atoms with van der Waals surface area (Å²) in [6, 6.07) is 7.20. The lowest BCUT2D eigenvalue weighted by Gasteiger charge is -2.26. The highest BCUT2D eigenvalue weighted by Crippen LogP contribution is 2.26. The number of carbonyl (C=O) groups excluding carboxylic acids is 4. The Labute approximate surface area is 232 Å². The molecule has 0 heterocycles. The topological polar surface area (TPSA) is 227 Å². The third-order valence-corrected chi connectivity index (χ3v) is 5.12. The summed E-state index contributed by atoms with van der Waals surface area (Å²) in [6.07, 6.45) is -1.90. The minimum absolute atomic E-state index is 0.235. The molecule has 2 aromatic carbocycles. The number of methoxy groups -OCH3 is 2. The van der Waals surface area contributed by atoms with Crippen LogP contribution in [0, 0.1) is 0 Å². The van der Waals surface area contributed by atoms with Gasteiger partial charge in [0, 0.05) is 18.2 Å². The van der Waals surface area contributed by atoms with Crippen LogP contribution in [-0.4, -0.2) is 87.0 Å². The fourth-order valence-electron chi connectivity index (χ4n) is 3.05. The number of aliphatic hydroxyl groups is 2. The van der Waals surface area contributed by atoms with Gasteiger partial charge in [-0.1, -0.05) is 12.1 Å². The van der Waals surface area contributed by atoms with E-state index in [1.807, 2.05) is 0 Å². The molecule has 0 aliphatic heterocycles. The van der Waals surface area contributed by atoms with Crippen molar-refractivity contribution in [2.24, 2.45) is 0 Å². The summed E-state index contributed by atoms with van der Waals surface area (Å²) in [5.41, 5.74) is 0.476. The monoisotopic (exact) mass is 574 g/mol. The van der Waals surface area contributed by atoms with Crippen LogP contribution in [-0.2, 0) is 38.1 Å². The molecule has 0 aromatic heterocycles. The summed E-state index contributed by atoms with van der Waals surface area (Å²) >= 11 is 0. The highest BCUT2D eigenvalue weighted by molar-refractivity contribution is 5.89. The van der Waals surface area contributed by atoms with E-state index in [2.05, 4.69) is 9.47 Å². The van der Waals surface area contributed by atoms with Crippen molar-refractivity contribution in [3.63, 3.8) is 0 Å². The number of phenolic OH excluding ortho intramolecular Hbond substituents is 4. The highest BCUT2D eigenvalue weighted by atomic mass is 16.6. The highest BCUT2D eigenvalue weighted by Gasteiger charge is 2.39. The first kappa shape index (κ1) is 31.7. The van der Waals surface area contributed by atoms with Crippen molar-refractivity contribution in [3.8, 4) is 23.0 Å². The van der Waals surface area contributed by atoms with Gasteiger partial charge in [-0.05, 0) is 47.5 Å². The van der Waals surface area contributed by atoms with Gasteiger partial charge in [0.15, 0.2) is 41.3 Å². The first-order valence-electron chi connectivity index (χ1n) is 11.4. The third kappa shape index (κ3) is 9.33. The van der Waals surface area contributed by atoms with Crippen molar-refractivity contribution in [3.05, 3.63) is 71.5 Å². The molecule has 0 amide bonds. The average Bonchev–Trinajstić information content (AvgIpc) is 2.95. The number of hydrogen-bond donors (Lipinski definition) is 6. The Balaban J connectivity index is 2.40. The molecule has 0 radical (unpaired) electrons. The fourth-order valence-corrected chi connectivity index (χ4v) is 3.05. The van der Waals surface area contributed by atoms with E-state index in [0.717, 1.165) is 62.8 Å². The summed E-state index contributed by atoms with van der Waals surface area (Å²) < 4.78 is 19.1. The first-order chi connectivity index (χ1) is 19.4. The van der Waals surface area contributed by atoms with Crippen molar-refractivity contribution >= 4 is 36.0 Å². The number of aliphatic hydroxyl groups excluding tert-OH is 2. The minimum atomic E-state index is -2.30. The van der Waals surface area contributed by atoms with E-state index in [4.69, 9.17) is 9.47 Å². The van der Waals surface area contributed by atoms with Crippen molar-refractivity contribution in [2.75, 3.05) is 14.2 Å². The zero-order valence-electron chi connectivity index (χ0n) is 21.5. The number of hydrogen-bond acceptors (Lipinski definition) is 14. The normalized spacial score (nSPS) is 13.8. The van der Waals surface area contributed by atoms with E-state index in [1.54, 1.807) is 0 Å². The molecule has 2 aromatic rings. The van der Waals surface area contributed by atoms with Crippen LogP contribution in [0.1, 0.15) is 11.1 Å². The Kier molecular flexibility index (Phi) is 11.3. The predicted molar refractivity (Wildman–Crippen MR) is 138 cm³/mol. The third-order valence-electron chi connectivity index (χ3n) is 5.12. The van der Waals surface area contributed by atoms with Crippen LogP contribution in [0.15, 0.2) is 60.4 Å². The molecule has 0 saturated heterocycles. The van der Waals surface area contributed by atoms with Gasteiger partial charge in [0.1, 0.15) is 0 Å². The van der Waals surface area contributed by atoms with Gasteiger partial charge in [0.2, 0.25) is 5.76 Å². The van der Waals surface area contributed by atoms with Crippen molar-refractivity contribution < 1.29 is 68.8 Å². The molecule has 14 nitrogen and oxygen atoms in total. The number of esters is 4. The maximum absolute atomic E-state index is 12.6. The van der Waals surface area contributed by atoms with E-state index < -0.39 is 70.9 Å². The zero-order valence-corrected chi connectivity index (χ0v) is 21.5. The molecule has 3 atom stereocenters. The Morgan fingerprint density at radius 3 is 1.66 bits per heavy atom. The summed E-state index contributed by atoms with van der Waals surface area (Å²) in [6.45, 7) is 0. The predicted octanol–water partition coefficient (Wildman–Crippen LogP) is 1.21. The molecule has 41 heavy (non-hydrogen) atoms. The van der Waals surface area contributed by atoms with Gasteiger partial charge in [-0.3, -0.25) is 0 Å². The lowest BCUT2D eigenvalue weighted by atomic mass is 10.1. The van der Waals surface area contributed by atoms with E-state index in [-0.39, 0.29) is 11.1 Å². The van der Waals surface area contributed by atoms with E-state index in [1.165, 1.54) is 12.1 Å².